The van der Waals surface area contributed by atoms with Gasteiger partial charge in [-0.2, -0.15) is 0 Å². The highest BCUT2D eigenvalue weighted by Gasteiger charge is 2.29. The zero-order valence-electron chi connectivity index (χ0n) is 13.7. The average Bonchev–Trinajstić information content (AvgIpc) is 3.07. The SMILES string of the molecule is Cc1c2c(c3c(O)c(C(=O)NC(C)C(=O)O)c(=O)n(C)n13)CCC2. The predicted molar refractivity (Wildman–Crippen MR) is 85.6 cm³/mol. The maximum atomic E-state index is 12.5. The first-order valence-electron chi connectivity index (χ1n) is 7.74. The number of fused-ring (bicyclic) bond motifs is 3. The minimum atomic E-state index is -1.22. The molecule has 0 spiro atoms. The number of aromatic nitrogens is 2. The van der Waals surface area contributed by atoms with Crippen LogP contribution in [0.25, 0.3) is 5.52 Å². The van der Waals surface area contributed by atoms with Crippen molar-refractivity contribution < 1.29 is 19.8 Å². The number of carboxylic acid groups (broad SMARTS) is 1. The van der Waals surface area contributed by atoms with Gasteiger partial charge in [0.15, 0.2) is 5.75 Å². The van der Waals surface area contributed by atoms with Crippen molar-refractivity contribution in [1.29, 1.82) is 0 Å². The molecule has 24 heavy (non-hydrogen) atoms. The molecular weight excluding hydrogens is 314 g/mol. The fourth-order valence-electron chi connectivity index (χ4n) is 3.45. The van der Waals surface area contributed by atoms with E-state index in [-0.39, 0.29) is 5.75 Å². The number of carbonyl (C=O) groups excluding carboxylic acids is 1. The van der Waals surface area contributed by atoms with E-state index < -0.39 is 29.0 Å². The number of rotatable bonds is 3. The van der Waals surface area contributed by atoms with Gasteiger partial charge in [0.25, 0.3) is 11.5 Å². The first-order valence-corrected chi connectivity index (χ1v) is 7.74. The minimum absolute atomic E-state index is 0.389. The topological polar surface area (TPSA) is 113 Å². The van der Waals surface area contributed by atoms with E-state index in [4.69, 9.17) is 5.11 Å². The Kier molecular flexibility index (Phi) is 3.62. The molecule has 0 radical (unpaired) electrons. The minimum Gasteiger partial charge on any atom is -0.505 e. The molecule has 1 unspecified atom stereocenters. The first-order chi connectivity index (χ1) is 11.3. The molecule has 3 rings (SSSR count). The van der Waals surface area contributed by atoms with Crippen LogP contribution in [0.15, 0.2) is 4.79 Å². The Morgan fingerprint density at radius 3 is 2.50 bits per heavy atom. The van der Waals surface area contributed by atoms with Crippen molar-refractivity contribution in [3.8, 4) is 5.75 Å². The van der Waals surface area contributed by atoms with Crippen molar-refractivity contribution >= 4 is 17.4 Å². The Balaban J connectivity index is 2.25. The van der Waals surface area contributed by atoms with E-state index in [0.717, 1.165) is 36.1 Å². The van der Waals surface area contributed by atoms with Crippen molar-refractivity contribution in [2.45, 2.75) is 39.2 Å². The van der Waals surface area contributed by atoms with Crippen LogP contribution < -0.4 is 10.9 Å². The molecule has 1 aliphatic carbocycles. The number of nitrogens with one attached hydrogen (secondary N) is 1. The number of aliphatic carboxylic acids is 1. The van der Waals surface area contributed by atoms with Crippen molar-refractivity contribution in [3.05, 3.63) is 32.7 Å². The van der Waals surface area contributed by atoms with Gasteiger partial charge in [0.05, 0.1) is 0 Å². The van der Waals surface area contributed by atoms with E-state index in [9.17, 15) is 19.5 Å². The maximum absolute atomic E-state index is 12.5. The van der Waals surface area contributed by atoms with Crippen LogP contribution in [0, 0.1) is 6.92 Å². The fourth-order valence-corrected chi connectivity index (χ4v) is 3.45. The molecule has 0 aliphatic heterocycles. The molecule has 1 atom stereocenters. The lowest BCUT2D eigenvalue weighted by Crippen LogP contribution is -2.42. The predicted octanol–water partition coefficient (Wildman–Crippen LogP) is 0.344. The van der Waals surface area contributed by atoms with Gasteiger partial charge in [-0.15, -0.1) is 0 Å². The summed E-state index contributed by atoms with van der Waals surface area (Å²) < 4.78 is 2.90. The number of carbonyl (C=O) groups is 2. The summed E-state index contributed by atoms with van der Waals surface area (Å²) in [5.74, 6) is -2.50. The number of carboxylic acids is 1. The number of nitrogens with zero attached hydrogens (tertiary/aromatic N) is 2. The lowest BCUT2D eigenvalue weighted by atomic mass is 10.1. The molecule has 0 fully saturated rings. The highest BCUT2D eigenvalue weighted by atomic mass is 16.4. The average molecular weight is 333 g/mol. The molecular formula is C16H19N3O5. The highest BCUT2D eigenvalue weighted by Crippen LogP contribution is 2.36. The van der Waals surface area contributed by atoms with Crippen LogP contribution in [0.5, 0.6) is 5.75 Å². The largest absolute Gasteiger partial charge is 0.505 e. The summed E-state index contributed by atoms with van der Waals surface area (Å²) in [5.41, 5.74) is 2.27. The normalized spacial score (nSPS) is 14.6. The van der Waals surface area contributed by atoms with Gasteiger partial charge < -0.3 is 15.5 Å². The Morgan fingerprint density at radius 1 is 1.25 bits per heavy atom. The van der Waals surface area contributed by atoms with Gasteiger partial charge in [-0.25, -0.2) is 4.68 Å². The third kappa shape index (κ3) is 2.10. The van der Waals surface area contributed by atoms with Gasteiger partial charge in [0.2, 0.25) is 0 Å². The van der Waals surface area contributed by atoms with E-state index >= 15 is 0 Å². The Bertz CT molecular complexity index is 938. The van der Waals surface area contributed by atoms with Gasteiger partial charge in [0.1, 0.15) is 17.1 Å². The van der Waals surface area contributed by atoms with E-state index in [2.05, 4.69) is 5.32 Å². The van der Waals surface area contributed by atoms with Crippen LogP contribution in [0.4, 0.5) is 0 Å². The fraction of sp³-hybridized carbons (Fsp3) is 0.438. The summed E-state index contributed by atoms with van der Waals surface area (Å²) in [4.78, 5) is 35.8. The summed E-state index contributed by atoms with van der Waals surface area (Å²) in [6.45, 7) is 3.17. The lowest BCUT2D eigenvalue weighted by Gasteiger charge is -2.14. The molecule has 2 aromatic rings. The Labute approximate surface area is 137 Å². The molecule has 0 aromatic carbocycles. The zero-order chi connectivity index (χ0) is 17.8. The molecule has 0 bridgehead atoms. The highest BCUT2D eigenvalue weighted by molar-refractivity contribution is 6.00. The van der Waals surface area contributed by atoms with Crippen molar-refractivity contribution in [1.82, 2.24) is 14.5 Å². The zero-order valence-corrected chi connectivity index (χ0v) is 13.7. The summed E-state index contributed by atoms with van der Waals surface area (Å²) in [6.07, 6.45) is 2.60. The molecule has 128 valence electrons. The number of hydrogen-bond acceptors (Lipinski definition) is 4. The third-order valence-corrected chi connectivity index (χ3v) is 4.68. The maximum Gasteiger partial charge on any atom is 0.325 e. The molecule has 8 nitrogen and oxygen atoms in total. The Hall–Kier alpha value is -2.77. The quantitative estimate of drug-likeness (QED) is 0.750. The van der Waals surface area contributed by atoms with Gasteiger partial charge >= 0.3 is 5.97 Å². The molecule has 1 amide bonds. The number of aryl methyl sites for hydroxylation is 3. The van der Waals surface area contributed by atoms with E-state index in [1.165, 1.54) is 18.7 Å². The monoisotopic (exact) mass is 333 g/mol. The molecule has 2 heterocycles. The number of amides is 1. The second-order valence-electron chi connectivity index (χ2n) is 6.14. The summed E-state index contributed by atoms with van der Waals surface area (Å²) in [7, 11) is 1.52. The van der Waals surface area contributed by atoms with Gasteiger partial charge in [-0.1, -0.05) is 0 Å². The number of aromatic hydroxyl groups is 1. The van der Waals surface area contributed by atoms with Crippen molar-refractivity contribution in [2.75, 3.05) is 0 Å². The van der Waals surface area contributed by atoms with Crippen molar-refractivity contribution in [2.24, 2.45) is 7.05 Å². The summed E-state index contributed by atoms with van der Waals surface area (Å²) in [6, 6.07) is -1.17. The van der Waals surface area contributed by atoms with Crippen LogP contribution in [-0.2, 0) is 24.7 Å². The lowest BCUT2D eigenvalue weighted by molar-refractivity contribution is -0.138. The first kappa shape index (κ1) is 16.1. The molecule has 8 heteroatoms. The van der Waals surface area contributed by atoms with Crippen molar-refractivity contribution in [3.63, 3.8) is 0 Å². The van der Waals surface area contributed by atoms with Crippen LogP contribution in [-0.4, -0.2) is 37.3 Å². The standard InChI is InChI=1S/C16H19N3O5/c1-7(16(23)24)17-14(21)11-13(20)12-10-6-4-5-9(10)8(2)19(12)18(3)15(11)22/h7,20H,4-6H2,1-3H3,(H,17,21)(H,23,24). The van der Waals surface area contributed by atoms with Gasteiger partial charge in [-0.05, 0) is 44.2 Å². The molecule has 2 aromatic heterocycles. The van der Waals surface area contributed by atoms with E-state index in [1.54, 1.807) is 4.52 Å². The van der Waals surface area contributed by atoms with Crippen LogP contribution in [0.1, 0.15) is 40.5 Å². The second-order valence-corrected chi connectivity index (χ2v) is 6.14. The van der Waals surface area contributed by atoms with Crippen LogP contribution in [0.3, 0.4) is 0 Å². The summed E-state index contributed by atoms with van der Waals surface area (Å²) in [5, 5.41) is 21.7. The number of hydrogen-bond donors (Lipinski definition) is 3. The smallest absolute Gasteiger partial charge is 0.325 e. The Morgan fingerprint density at radius 2 is 1.88 bits per heavy atom. The van der Waals surface area contributed by atoms with Gasteiger partial charge in [-0.3, -0.25) is 18.9 Å². The molecule has 3 N–H and O–H groups in total. The third-order valence-electron chi connectivity index (χ3n) is 4.68. The van der Waals surface area contributed by atoms with E-state index in [1.807, 2.05) is 6.92 Å². The van der Waals surface area contributed by atoms with Gasteiger partial charge in [0, 0.05) is 12.7 Å². The molecule has 1 aliphatic rings. The van der Waals surface area contributed by atoms with E-state index in [0.29, 0.717) is 5.52 Å². The van der Waals surface area contributed by atoms with Crippen LogP contribution in [0.2, 0.25) is 0 Å². The molecule has 0 saturated heterocycles. The van der Waals surface area contributed by atoms with Crippen LogP contribution >= 0.6 is 0 Å². The second kappa shape index (κ2) is 5.40. The summed E-state index contributed by atoms with van der Waals surface area (Å²) >= 11 is 0. The molecule has 0 saturated carbocycles.